The van der Waals surface area contributed by atoms with E-state index in [1.165, 1.54) is 0 Å². The molecule has 0 radical (unpaired) electrons. The number of ether oxygens (including phenoxy) is 1. The van der Waals surface area contributed by atoms with Crippen LogP contribution in [0.5, 0.6) is 5.75 Å². The molecule has 1 atom stereocenters. The Bertz CT molecular complexity index is 1440. The van der Waals surface area contributed by atoms with Gasteiger partial charge in [-0.25, -0.2) is 0 Å². The first-order valence-corrected chi connectivity index (χ1v) is 11.9. The predicted octanol–water partition coefficient (Wildman–Crippen LogP) is 5.97. The summed E-state index contributed by atoms with van der Waals surface area (Å²) in [5.41, 5.74) is 5.65. The van der Waals surface area contributed by atoms with Gasteiger partial charge in [-0.1, -0.05) is 36.4 Å². The van der Waals surface area contributed by atoms with E-state index in [9.17, 15) is 4.79 Å². The van der Waals surface area contributed by atoms with Crippen LogP contribution in [0.25, 0.3) is 10.9 Å². The molecule has 1 aliphatic rings. The molecular formula is C27H21N3O2S. The molecule has 1 N–H and O–H groups in total. The Hall–Kier alpha value is -3.77. The minimum atomic E-state index is 0.0302. The molecule has 1 unspecified atom stereocenters. The molecule has 6 heteroatoms. The summed E-state index contributed by atoms with van der Waals surface area (Å²) < 4.78 is 8.19. The highest BCUT2D eigenvalue weighted by Gasteiger charge is 2.29. The minimum absolute atomic E-state index is 0.0302. The maximum Gasteiger partial charge on any atom is 0.197 e. The molecule has 6 rings (SSSR count). The molecule has 162 valence electrons. The van der Waals surface area contributed by atoms with Crippen LogP contribution >= 0.6 is 11.8 Å². The van der Waals surface area contributed by atoms with Crippen molar-refractivity contribution in [2.45, 2.75) is 17.7 Å². The van der Waals surface area contributed by atoms with Crippen molar-refractivity contribution in [3.05, 3.63) is 119 Å². The van der Waals surface area contributed by atoms with Crippen molar-refractivity contribution < 1.29 is 9.53 Å². The van der Waals surface area contributed by atoms with E-state index >= 15 is 0 Å². The highest BCUT2D eigenvalue weighted by Crippen LogP contribution is 2.42. The van der Waals surface area contributed by atoms with Crippen molar-refractivity contribution in [1.29, 1.82) is 0 Å². The van der Waals surface area contributed by atoms with E-state index in [-0.39, 0.29) is 11.2 Å². The van der Waals surface area contributed by atoms with Crippen molar-refractivity contribution in [2.24, 2.45) is 0 Å². The van der Waals surface area contributed by atoms with Gasteiger partial charge in [-0.3, -0.25) is 9.78 Å². The average molecular weight is 452 g/mol. The number of fused-ring (bicyclic) bond motifs is 2. The van der Waals surface area contributed by atoms with E-state index in [1.54, 1.807) is 12.4 Å². The van der Waals surface area contributed by atoms with Gasteiger partial charge >= 0.3 is 0 Å². The molecule has 0 aliphatic carbocycles. The van der Waals surface area contributed by atoms with Crippen LogP contribution in [-0.4, -0.2) is 20.3 Å². The van der Waals surface area contributed by atoms with Gasteiger partial charge in [0.25, 0.3) is 0 Å². The highest BCUT2D eigenvalue weighted by atomic mass is 32.2. The van der Waals surface area contributed by atoms with Gasteiger partial charge in [-0.2, -0.15) is 0 Å². The van der Waals surface area contributed by atoms with Crippen LogP contribution in [0.3, 0.4) is 0 Å². The largest absolute Gasteiger partial charge is 0.489 e. The number of hydrogen-bond donors (Lipinski definition) is 1. The Kier molecular flexibility index (Phi) is 5.00. The first kappa shape index (κ1) is 19.9. The summed E-state index contributed by atoms with van der Waals surface area (Å²) in [6.07, 6.45) is 7.50. The Morgan fingerprint density at radius 1 is 1.09 bits per heavy atom. The molecule has 0 amide bonds. The lowest BCUT2D eigenvalue weighted by atomic mass is 10.0. The zero-order chi connectivity index (χ0) is 22.2. The molecule has 1 aliphatic heterocycles. The fourth-order valence-electron chi connectivity index (χ4n) is 4.34. The monoisotopic (exact) mass is 451 g/mol. The third kappa shape index (κ3) is 3.62. The summed E-state index contributed by atoms with van der Waals surface area (Å²) in [7, 11) is 0. The van der Waals surface area contributed by atoms with Crippen LogP contribution < -0.4 is 4.74 Å². The van der Waals surface area contributed by atoms with Crippen LogP contribution in [-0.2, 0) is 12.4 Å². The second-order valence-electron chi connectivity index (χ2n) is 8.05. The number of nitrogens with one attached hydrogen (secondary N) is 1. The number of benzene rings is 2. The van der Waals surface area contributed by atoms with Gasteiger partial charge in [0.1, 0.15) is 17.7 Å². The molecular weight excluding hydrogens is 430 g/mol. The van der Waals surface area contributed by atoms with Crippen molar-refractivity contribution in [3.63, 3.8) is 0 Å². The smallest absolute Gasteiger partial charge is 0.197 e. The van der Waals surface area contributed by atoms with Crippen LogP contribution in [0, 0.1) is 0 Å². The number of carbonyl (C=O) groups excluding carboxylic acids is 1. The molecule has 4 heterocycles. The Morgan fingerprint density at radius 3 is 2.85 bits per heavy atom. The standard InChI is InChI=1S/C27H21N3O2S/c31-26(21-10-12-30-25(21)17-33-27(30)19-7-4-11-28-14-19)23-15-29-24-9-8-20(13-22(23)24)32-16-18-5-2-1-3-6-18/h1-15,27,29H,16-17H2. The molecule has 5 nitrogen and oxygen atoms in total. The van der Waals surface area contributed by atoms with E-state index in [0.717, 1.165) is 44.8 Å². The normalized spacial score (nSPS) is 15.0. The van der Waals surface area contributed by atoms with E-state index in [0.29, 0.717) is 12.2 Å². The summed E-state index contributed by atoms with van der Waals surface area (Å²) in [5, 5.41) is 1.02. The average Bonchev–Trinajstić information content (AvgIpc) is 3.58. The van der Waals surface area contributed by atoms with Gasteiger partial charge in [-0.05, 0) is 35.9 Å². The number of H-pyrrole nitrogens is 1. The lowest BCUT2D eigenvalue weighted by Crippen LogP contribution is -2.05. The fraction of sp³-hybridized carbons (Fsp3) is 0.111. The van der Waals surface area contributed by atoms with Crippen molar-refractivity contribution >= 4 is 28.4 Å². The number of ketones is 1. The predicted molar refractivity (Wildman–Crippen MR) is 131 cm³/mol. The maximum atomic E-state index is 13.6. The zero-order valence-corrected chi connectivity index (χ0v) is 18.6. The summed E-state index contributed by atoms with van der Waals surface area (Å²) in [6, 6.07) is 21.9. The van der Waals surface area contributed by atoms with Gasteiger partial charge in [0.15, 0.2) is 5.78 Å². The van der Waals surface area contributed by atoms with Crippen molar-refractivity contribution in [3.8, 4) is 5.75 Å². The molecule has 0 saturated heterocycles. The number of carbonyl (C=O) groups is 1. The Morgan fingerprint density at radius 2 is 2.00 bits per heavy atom. The molecule has 2 aromatic carbocycles. The molecule has 33 heavy (non-hydrogen) atoms. The molecule has 0 spiro atoms. The van der Waals surface area contributed by atoms with Gasteiger partial charge in [0.05, 0.1) is 0 Å². The number of pyridine rings is 1. The SMILES string of the molecule is O=C(c1ccn2c1CSC2c1cccnc1)c1c[nH]c2ccc(OCc3ccccc3)cc12. The third-order valence-electron chi connectivity index (χ3n) is 6.02. The van der Waals surface area contributed by atoms with Crippen LogP contribution in [0.1, 0.15) is 38.1 Å². The number of nitrogens with zero attached hydrogens (tertiary/aromatic N) is 2. The molecule has 0 saturated carbocycles. The van der Waals surface area contributed by atoms with E-state index in [4.69, 9.17) is 4.74 Å². The van der Waals surface area contributed by atoms with E-state index in [2.05, 4.69) is 20.6 Å². The van der Waals surface area contributed by atoms with Gasteiger partial charge in [0.2, 0.25) is 0 Å². The maximum absolute atomic E-state index is 13.6. The molecule has 0 bridgehead atoms. The summed E-state index contributed by atoms with van der Waals surface area (Å²) in [4.78, 5) is 21.1. The van der Waals surface area contributed by atoms with Crippen molar-refractivity contribution in [1.82, 2.24) is 14.5 Å². The minimum Gasteiger partial charge on any atom is -0.489 e. The number of hydrogen-bond acceptors (Lipinski definition) is 4. The lowest BCUT2D eigenvalue weighted by Gasteiger charge is -2.12. The first-order valence-electron chi connectivity index (χ1n) is 10.8. The molecule has 3 aromatic heterocycles. The number of aromatic amines is 1. The lowest BCUT2D eigenvalue weighted by molar-refractivity contribution is 0.103. The van der Waals surface area contributed by atoms with Crippen LogP contribution in [0.15, 0.2) is 91.5 Å². The quantitative estimate of drug-likeness (QED) is 0.323. The van der Waals surface area contributed by atoms with Gasteiger partial charge < -0.3 is 14.3 Å². The zero-order valence-electron chi connectivity index (χ0n) is 17.8. The van der Waals surface area contributed by atoms with Crippen LogP contribution in [0.4, 0.5) is 0 Å². The van der Waals surface area contributed by atoms with Crippen LogP contribution in [0.2, 0.25) is 0 Å². The number of thioether (sulfide) groups is 1. The molecule has 5 aromatic rings. The van der Waals surface area contributed by atoms with Gasteiger partial charge in [0, 0.05) is 63.8 Å². The second-order valence-corrected chi connectivity index (χ2v) is 9.11. The highest BCUT2D eigenvalue weighted by molar-refractivity contribution is 7.99. The second kappa shape index (κ2) is 8.30. The summed E-state index contributed by atoms with van der Waals surface area (Å²) >= 11 is 1.81. The summed E-state index contributed by atoms with van der Waals surface area (Å²) in [5.74, 6) is 1.57. The van der Waals surface area contributed by atoms with Crippen molar-refractivity contribution in [2.75, 3.05) is 0 Å². The first-order chi connectivity index (χ1) is 16.3. The fourth-order valence-corrected chi connectivity index (χ4v) is 5.65. The third-order valence-corrected chi connectivity index (χ3v) is 7.27. The Balaban J connectivity index is 1.29. The van der Waals surface area contributed by atoms with E-state index in [1.807, 2.05) is 84.8 Å². The topological polar surface area (TPSA) is 59.9 Å². The van der Waals surface area contributed by atoms with E-state index < -0.39 is 0 Å². The van der Waals surface area contributed by atoms with Gasteiger partial charge in [-0.15, -0.1) is 11.8 Å². The number of rotatable bonds is 6. The Labute approximate surface area is 195 Å². The number of aromatic nitrogens is 3. The molecule has 0 fully saturated rings. The summed E-state index contributed by atoms with van der Waals surface area (Å²) in [6.45, 7) is 0.486.